The van der Waals surface area contributed by atoms with Crippen molar-refractivity contribution in [2.45, 2.75) is 31.7 Å². The van der Waals surface area contributed by atoms with Crippen molar-refractivity contribution in [2.24, 2.45) is 0 Å². The Kier molecular flexibility index (Phi) is 6.03. The van der Waals surface area contributed by atoms with Crippen LogP contribution in [0.4, 0.5) is 4.79 Å². The van der Waals surface area contributed by atoms with Gasteiger partial charge in [-0.25, -0.2) is 17.9 Å². The molecule has 2 amide bonds. The number of rotatable bonds is 5. The summed E-state index contributed by atoms with van der Waals surface area (Å²) in [6.45, 7) is 5.35. The zero-order valence-corrected chi connectivity index (χ0v) is 17.5. The highest BCUT2D eigenvalue weighted by atomic mass is 32.2. The van der Waals surface area contributed by atoms with Gasteiger partial charge in [0.1, 0.15) is 0 Å². The van der Waals surface area contributed by atoms with E-state index in [9.17, 15) is 13.2 Å². The number of amides is 2. The molecule has 0 saturated carbocycles. The molecule has 0 aliphatic heterocycles. The van der Waals surface area contributed by atoms with E-state index < -0.39 is 22.1 Å². The van der Waals surface area contributed by atoms with Crippen molar-refractivity contribution in [3.63, 3.8) is 0 Å². The van der Waals surface area contributed by atoms with Gasteiger partial charge in [-0.3, -0.25) is 0 Å². The Hall–Kier alpha value is -3.12. The molecule has 5 nitrogen and oxygen atoms in total. The number of hydrogen-bond donors (Lipinski definition) is 2. The third-order valence-corrected chi connectivity index (χ3v) is 6.28. The van der Waals surface area contributed by atoms with Crippen molar-refractivity contribution in [1.82, 2.24) is 10.0 Å². The molecule has 3 aromatic carbocycles. The van der Waals surface area contributed by atoms with E-state index in [0.29, 0.717) is 11.1 Å². The first-order valence-corrected chi connectivity index (χ1v) is 10.8. The summed E-state index contributed by atoms with van der Waals surface area (Å²) in [5.74, 6) is 0. The van der Waals surface area contributed by atoms with Gasteiger partial charge in [0, 0.05) is 0 Å². The Labute approximate surface area is 171 Å². The third-order valence-electron chi connectivity index (χ3n) is 4.64. The van der Waals surface area contributed by atoms with Crippen LogP contribution in [0.2, 0.25) is 0 Å². The Morgan fingerprint density at radius 1 is 0.793 bits per heavy atom. The molecule has 2 N–H and O–H groups in total. The van der Waals surface area contributed by atoms with Gasteiger partial charge in [0.15, 0.2) is 0 Å². The highest BCUT2D eigenvalue weighted by Gasteiger charge is 2.24. The van der Waals surface area contributed by atoms with Gasteiger partial charge in [0.25, 0.3) is 10.0 Å². The highest BCUT2D eigenvalue weighted by Crippen LogP contribution is 2.23. The van der Waals surface area contributed by atoms with Crippen LogP contribution >= 0.6 is 0 Å². The SMILES string of the molecule is Cc1cc(C)c(S(=O)(=O)NC(=O)NC(c2ccccc2)c2ccccc2)c(C)c1. The van der Waals surface area contributed by atoms with Gasteiger partial charge < -0.3 is 5.32 Å². The van der Waals surface area contributed by atoms with Gasteiger partial charge in [-0.2, -0.15) is 0 Å². The predicted octanol–water partition coefficient (Wildman–Crippen LogP) is 4.39. The number of benzene rings is 3. The number of nitrogens with one attached hydrogen (secondary N) is 2. The molecule has 29 heavy (non-hydrogen) atoms. The molecule has 0 spiro atoms. The minimum absolute atomic E-state index is 0.134. The van der Waals surface area contributed by atoms with Gasteiger partial charge >= 0.3 is 6.03 Å². The summed E-state index contributed by atoms with van der Waals surface area (Å²) in [6, 6.07) is 21.2. The molecule has 0 heterocycles. The lowest BCUT2D eigenvalue weighted by Gasteiger charge is -2.21. The second-order valence-corrected chi connectivity index (χ2v) is 8.68. The Morgan fingerprint density at radius 3 is 1.69 bits per heavy atom. The molecule has 0 aromatic heterocycles. The minimum atomic E-state index is -4.01. The van der Waals surface area contributed by atoms with Crippen molar-refractivity contribution >= 4 is 16.1 Å². The molecule has 0 bridgehead atoms. The lowest BCUT2D eigenvalue weighted by molar-refractivity contribution is 0.243. The topological polar surface area (TPSA) is 75.3 Å². The van der Waals surface area contributed by atoms with Crippen molar-refractivity contribution in [3.8, 4) is 0 Å². The molecule has 6 heteroatoms. The van der Waals surface area contributed by atoms with E-state index in [0.717, 1.165) is 16.7 Å². The fourth-order valence-corrected chi connectivity index (χ4v) is 4.95. The number of aryl methyl sites for hydroxylation is 3. The van der Waals surface area contributed by atoms with Gasteiger partial charge in [0.2, 0.25) is 0 Å². The summed E-state index contributed by atoms with van der Waals surface area (Å²) < 4.78 is 27.9. The quantitative estimate of drug-likeness (QED) is 0.657. The summed E-state index contributed by atoms with van der Waals surface area (Å²) in [4.78, 5) is 12.8. The first-order valence-electron chi connectivity index (χ1n) is 9.29. The average molecular weight is 409 g/mol. The first kappa shape index (κ1) is 20.6. The second-order valence-electron chi connectivity index (χ2n) is 7.06. The van der Waals surface area contributed by atoms with Crippen LogP contribution in [0.3, 0.4) is 0 Å². The molecule has 0 radical (unpaired) electrons. The van der Waals surface area contributed by atoms with Crippen molar-refractivity contribution in [1.29, 1.82) is 0 Å². The van der Waals surface area contributed by atoms with Crippen LogP contribution in [-0.2, 0) is 10.0 Å². The first-order chi connectivity index (χ1) is 13.8. The summed E-state index contributed by atoms with van der Waals surface area (Å²) in [5, 5.41) is 2.80. The van der Waals surface area contributed by atoms with E-state index in [1.165, 1.54) is 0 Å². The molecule has 0 saturated heterocycles. The average Bonchev–Trinajstić information content (AvgIpc) is 2.66. The zero-order chi connectivity index (χ0) is 21.0. The summed E-state index contributed by atoms with van der Waals surface area (Å²) in [6.07, 6.45) is 0. The van der Waals surface area contributed by atoms with Crippen LogP contribution < -0.4 is 10.0 Å². The van der Waals surface area contributed by atoms with Crippen molar-refractivity contribution in [2.75, 3.05) is 0 Å². The lowest BCUT2D eigenvalue weighted by atomic mass is 9.99. The van der Waals surface area contributed by atoms with Crippen molar-refractivity contribution < 1.29 is 13.2 Å². The van der Waals surface area contributed by atoms with Gasteiger partial charge in [0.05, 0.1) is 10.9 Å². The van der Waals surface area contributed by atoms with Crippen LogP contribution in [-0.4, -0.2) is 14.4 Å². The molecule has 0 fully saturated rings. The van der Waals surface area contributed by atoms with Crippen LogP contribution in [0, 0.1) is 20.8 Å². The van der Waals surface area contributed by atoms with Gasteiger partial charge in [-0.1, -0.05) is 78.4 Å². The fourth-order valence-electron chi connectivity index (χ4n) is 3.57. The number of carbonyl (C=O) groups excluding carboxylic acids is 1. The monoisotopic (exact) mass is 408 g/mol. The van der Waals surface area contributed by atoms with E-state index in [4.69, 9.17) is 0 Å². The Bertz CT molecular complexity index is 1050. The van der Waals surface area contributed by atoms with E-state index in [-0.39, 0.29) is 4.90 Å². The summed E-state index contributed by atoms with van der Waals surface area (Å²) >= 11 is 0. The van der Waals surface area contributed by atoms with Crippen LogP contribution in [0.15, 0.2) is 77.7 Å². The van der Waals surface area contributed by atoms with E-state index in [2.05, 4.69) is 10.0 Å². The lowest BCUT2D eigenvalue weighted by Crippen LogP contribution is -2.41. The smallest absolute Gasteiger partial charge is 0.326 e. The minimum Gasteiger partial charge on any atom is -0.326 e. The summed E-state index contributed by atoms with van der Waals surface area (Å²) in [7, 11) is -4.01. The molecular formula is C23H24N2O3S. The van der Waals surface area contributed by atoms with E-state index >= 15 is 0 Å². The molecule has 0 atom stereocenters. The Morgan fingerprint density at radius 2 is 1.24 bits per heavy atom. The largest absolute Gasteiger partial charge is 0.329 e. The molecular weight excluding hydrogens is 384 g/mol. The number of carbonyl (C=O) groups is 1. The van der Waals surface area contributed by atoms with Crippen LogP contribution in [0.25, 0.3) is 0 Å². The molecule has 0 aliphatic carbocycles. The van der Waals surface area contributed by atoms with Crippen molar-refractivity contribution in [3.05, 3.63) is 101 Å². The second kappa shape index (κ2) is 8.49. The molecule has 0 aliphatic rings. The highest BCUT2D eigenvalue weighted by molar-refractivity contribution is 7.90. The maximum absolute atomic E-state index is 12.9. The maximum atomic E-state index is 12.9. The normalized spacial score (nSPS) is 11.3. The fraction of sp³-hybridized carbons (Fsp3) is 0.174. The van der Waals surface area contributed by atoms with E-state index in [1.807, 2.05) is 67.6 Å². The van der Waals surface area contributed by atoms with Gasteiger partial charge in [-0.05, 0) is 43.0 Å². The van der Waals surface area contributed by atoms with Crippen LogP contribution in [0.1, 0.15) is 33.9 Å². The number of sulfonamides is 1. The molecule has 3 aromatic rings. The molecule has 150 valence electrons. The van der Waals surface area contributed by atoms with E-state index in [1.54, 1.807) is 26.0 Å². The van der Waals surface area contributed by atoms with Crippen LogP contribution in [0.5, 0.6) is 0 Å². The molecule has 3 rings (SSSR count). The standard InChI is InChI=1S/C23H24N2O3S/c1-16-14-17(2)22(18(3)15-16)29(27,28)25-23(26)24-21(19-10-6-4-7-11-19)20-12-8-5-9-13-20/h4-15,21H,1-3H3,(H2,24,25,26). The Balaban J connectivity index is 1.88. The number of hydrogen-bond acceptors (Lipinski definition) is 3. The number of urea groups is 1. The maximum Gasteiger partial charge on any atom is 0.329 e. The third kappa shape index (κ3) is 4.84. The summed E-state index contributed by atoms with van der Waals surface area (Å²) in [5.41, 5.74) is 3.88. The zero-order valence-electron chi connectivity index (χ0n) is 16.6. The predicted molar refractivity (Wildman–Crippen MR) is 114 cm³/mol. The van der Waals surface area contributed by atoms with Gasteiger partial charge in [-0.15, -0.1) is 0 Å². The molecule has 0 unspecified atom stereocenters.